The lowest BCUT2D eigenvalue weighted by molar-refractivity contribution is -0.154. The van der Waals surface area contributed by atoms with Crippen LogP contribution in [0.3, 0.4) is 0 Å². The first kappa shape index (κ1) is 19.2. The molecule has 7 nitrogen and oxygen atoms in total. The Morgan fingerprint density at radius 1 is 1.23 bits per heavy atom. The lowest BCUT2D eigenvalue weighted by Crippen LogP contribution is -2.43. The summed E-state index contributed by atoms with van der Waals surface area (Å²) in [4.78, 5) is 3.90. The number of nitrogens with zero attached hydrogens (tertiary/aromatic N) is 2. The largest absolute Gasteiger partial charge is 0.477 e. The van der Waals surface area contributed by atoms with Gasteiger partial charge in [-0.05, 0) is 30.6 Å². The number of pyridine rings is 1. The Kier molecular flexibility index (Phi) is 5.06. The normalized spacial score (nSPS) is 23.0. The molecule has 2 heterocycles. The Morgan fingerprint density at radius 2 is 1.85 bits per heavy atom. The minimum atomic E-state index is -4.43. The van der Waals surface area contributed by atoms with Gasteiger partial charge in [0.2, 0.25) is 11.8 Å². The van der Waals surface area contributed by atoms with Crippen LogP contribution in [0.2, 0.25) is 0 Å². The number of ether oxygens (including phenoxy) is 2. The molecule has 0 amide bonds. The van der Waals surface area contributed by atoms with Crippen LogP contribution in [0.4, 0.5) is 13.2 Å². The number of piperidine rings is 1. The van der Waals surface area contributed by atoms with Crippen LogP contribution in [0, 0.1) is 11.3 Å². The lowest BCUT2D eigenvalue weighted by atomic mass is 9.92. The molecule has 1 saturated carbocycles. The van der Waals surface area contributed by atoms with Crippen LogP contribution >= 0.6 is 0 Å². The van der Waals surface area contributed by atoms with Crippen molar-refractivity contribution >= 4 is 10.2 Å². The molecule has 1 aromatic heterocycles. The van der Waals surface area contributed by atoms with Crippen LogP contribution in [0.5, 0.6) is 11.8 Å². The zero-order valence-electron chi connectivity index (χ0n) is 13.9. The molecule has 0 unspecified atom stereocenters. The predicted octanol–water partition coefficient (Wildman–Crippen LogP) is 1.71. The number of rotatable bonds is 6. The maximum atomic E-state index is 12.2. The first-order valence-electron chi connectivity index (χ1n) is 8.15. The molecule has 0 radical (unpaired) electrons. The van der Waals surface area contributed by atoms with Gasteiger partial charge >= 0.3 is 6.18 Å². The zero-order chi connectivity index (χ0) is 19.0. The smallest absolute Gasteiger partial charge is 0.422 e. The van der Waals surface area contributed by atoms with E-state index in [2.05, 4.69) is 9.72 Å². The summed E-state index contributed by atoms with van der Waals surface area (Å²) in [5.74, 6) is 0.326. The maximum absolute atomic E-state index is 12.2. The number of hydrogen-bond donors (Lipinski definition) is 1. The summed E-state index contributed by atoms with van der Waals surface area (Å²) in [6.45, 7) is -0.233. The molecular formula is C15H20F3N3O4S. The molecule has 1 aromatic rings. The molecule has 1 aliphatic carbocycles. The number of aromatic nitrogens is 1. The number of hydrogen-bond acceptors (Lipinski definition) is 5. The van der Waals surface area contributed by atoms with E-state index in [1.165, 1.54) is 16.4 Å². The zero-order valence-corrected chi connectivity index (χ0v) is 14.7. The fourth-order valence-corrected chi connectivity index (χ4v) is 4.06. The maximum Gasteiger partial charge on any atom is 0.422 e. The van der Waals surface area contributed by atoms with Crippen LogP contribution in [0.25, 0.3) is 0 Å². The van der Waals surface area contributed by atoms with Crippen molar-refractivity contribution in [3.63, 3.8) is 0 Å². The van der Waals surface area contributed by atoms with Gasteiger partial charge < -0.3 is 9.47 Å². The van der Waals surface area contributed by atoms with Gasteiger partial charge in [-0.25, -0.2) is 5.14 Å². The topological polar surface area (TPSA) is 94.8 Å². The van der Waals surface area contributed by atoms with Crippen molar-refractivity contribution in [1.82, 2.24) is 9.29 Å². The molecule has 0 aromatic carbocycles. The summed E-state index contributed by atoms with van der Waals surface area (Å²) in [6, 6.07) is 4.40. The fourth-order valence-electron chi connectivity index (χ4n) is 3.36. The summed E-state index contributed by atoms with van der Waals surface area (Å²) < 4.78 is 70.7. The van der Waals surface area contributed by atoms with Crippen molar-refractivity contribution in [2.75, 3.05) is 26.3 Å². The molecule has 2 aliphatic rings. The minimum absolute atomic E-state index is 0.0611. The van der Waals surface area contributed by atoms with E-state index in [1.54, 1.807) is 6.07 Å². The van der Waals surface area contributed by atoms with E-state index in [0.29, 0.717) is 19.7 Å². The second-order valence-electron chi connectivity index (χ2n) is 6.74. The fraction of sp³-hybridized carbons (Fsp3) is 0.667. The van der Waals surface area contributed by atoms with E-state index in [0.717, 1.165) is 19.3 Å². The van der Waals surface area contributed by atoms with Gasteiger partial charge in [0.15, 0.2) is 6.61 Å². The summed E-state index contributed by atoms with van der Waals surface area (Å²) in [6.07, 6.45) is -2.06. The molecule has 26 heavy (non-hydrogen) atoms. The van der Waals surface area contributed by atoms with Crippen molar-refractivity contribution in [2.24, 2.45) is 16.5 Å². The quantitative estimate of drug-likeness (QED) is 0.791. The average molecular weight is 395 g/mol. The van der Waals surface area contributed by atoms with Gasteiger partial charge in [0.05, 0.1) is 6.61 Å². The average Bonchev–Trinajstić information content (AvgIpc) is 3.22. The van der Waals surface area contributed by atoms with Gasteiger partial charge in [-0.2, -0.15) is 30.9 Å². The van der Waals surface area contributed by atoms with Crippen molar-refractivity contribution < 1.29 is 31.1 Å². The lowest BCUT2D eigenvalue weighted by Gasteiger charge is -2.30. The first-order valence-corrected chi connectivity index (χ1v) is 9.65. The van der Waals surface area contributed by atoms with E-state index in [9.17, 15) is 21.6 Å². The molecule has 2 fully saturated rings. The van der Waals surface area contributed by atoms with Crippen molar-refractivity contribution in [1.29, 1.82) is 0 Å². The third-order valence-electron chi connectivity index (χ3n) is 4.95. The first-order chi connectivity index (χ1) is 12.1. The second kappa shape index (κ2) is 6.86. The summed E-state index contributed by atoms with van der Waals surface area (Å²) >= 11 is 0. The van der Waals surface area contributed by atoms with Gasteiger partial charge in [0, 0.05) is 25.2 Å². The summed E-state index contributed by atoms with van der Waals surface area (Å²) in [5, 5.41) is 5.14. The highest BCUT2D eigenvalue weighted by Gasteiger charge is 2.55. The van der Waals surface area contributed by atoms with Crippen LogP contribution < -0.4 is 14.6 Å². The molecule has 11 heteroatoms. The monoisotopic (exact) mass is 395 g/mol. The van der Waals surface area contributed by atoms with Gasteiger partial charge in [-0.1, -0.05) is 6.07 Å². The third kappa shape index (κ3) is 4.77. The summed E-state index contributed by atoms with van der Waals surface area (Å²) in [7, 11) is -3.64. The second-order valence-corrected chi connectivity index (χ2v) is 8.28. The molecule has 1 saturated heterocycles. The minimum Gasteiger partial charge on any atom is -0.477 e. The molecule has 1 aliphatic heterocycles. The number of halogens is 3. The Morgan fingerprint density at radius 3 is 2.42 bits per heavy atom. The molecule has 146 valence electrons. The predicted molar refractivity (Wildman–Crippen MR) is 85.7 cm³/mol. The van der Waals surface area contributed by atoms with Gasteiger partial charge in [-0.15, -0.1) is 0 Å². The Balaban J connectivity index is 1.48. The number of alkyl halides is 3. The van der Waals surface area contributed by atoms with Gasteiger partial charge in [0.1, 0.15) is 0 Å². The molecule has 2 N–H and O–H groups in total. The Labute approximate surface area is 149 Å². The van der Waals surface area contributed by atoms with Crippen LogP contribution in [-0.2, 0) is 10.2 Å². The van der Waals surface area contributed by atoms with Crippen molar-refractivity contribution in [3.8, 4) is 11.8 Å². The molecular weight excluding hydrogens is 375 g/mol. The van der Waals surface area contributed by atoms with E-state index in [1.807, 2.05) is 0 Å². The Bertz CT molecular complexity index is 749. The molecule has 0 bridgehead atoms. The van der Waals surface area contributed by atoms with Crippen LogP contribution in [-0.4, -0.2) is 50.2 Å². The van der Waals surface area contributed by atoms with Crippen molar-refractivity contribution in [3.05, 3.63) is 18.2 Å². The van der Waals surface area contributed by atoms with Crippen LogP contribution in [0.1, 0.15) is 19.3 Å². The molecule has 1 atom stereocenters. The standard InChI is InChI=1S/C15H20F3N3O4S/c16-15(17,18)10-25-13-3-1-2-12(20-13)24-9-11-8-14(11)4-6-21(7-5-14)26(19,22)23/h1-3,11H,4-10H2,(H2,19,22,23)/t11-/m0/s1. The Hall–Kier alpha value is -1.59. The highest BCUT2D eigenvalue weighted by molar-refractivity contribution is 7.86. The third-order valence-corrected chi connectivity index (χ3v) is 6.04. The summed E-state index contributed by atoms with van der Waals surface area (Å²) in [5.41, 5.74) is 0.0611. The molecule has 3 rings (SSSR count). The van der Waals surface area contributed by atoms with Crippen molar-refractivity contribution in [2.45, 2.75) is 25.4 Å². The van der Waals surface area contributed by atoms with E-state index in [-0.39, 0.29) is 23.1 Å². The van der Waals surface area contributed by atoms with Gasteiger partial charge in [0.25, 0.3) is 10.2 Å². The highest BCUT2D eigenvalue weighted by atomic mass is 32.2. The van der Waals surface area contributed by atoms with E-state index >= 15 is 0 Å². The SMILES string of the molecule is NS(=O)(=O)N1CCC2(CC1)C[C@H]2COc1cccc(OCC(F)(F)F)n1. The molecule has 1 spiro atoms. The highest BCUT2D eigenvalue weighted by Crippen LogP contribution is 2.59. The van der Waals surface area contributed by atoms with Crippen LogP contribution in [0.15, 0.2) is 18.2 Å². The van der Waals surface area contributed by atoms with Gasteiger partial charge in [-0.3, -0.25) is 0 Å². The number of nitrogens with two attached hydrogens (primary N) is 1. The van der Waals surface area contributed by atoms with E-state index < -0.39 is 23.0 Å². The van der Waals surface area contributed by atoms with E-state index in [4.69, 9.17) is 9.88 Å².